The van der Waals surface area contributed by atoms with Crippen molar-refractivity contribution in [2.24, 2.45) is 5.92 Å². The first-order chi connectivity index (χ1) is 7.54. The van der Waals surface area contributed by atoms with Crippen LogP contribution in [0.1, 0.15) is 32.0 Å². The molecule has 1 atom stereocenters. The predicted molar refractivity (Wildman–Crippen MR) is 64.7 cm³/mol. The molecule has 0 amide bonds. The van der Waals surface area contributed by atoms with Gasteiger partial charge in [0.1, 0.15) is 11.8 Å². The van der Waals surface area contributed by atoms with Crippen molar-refractivity contribution in [2.45, 2.75) is 33.4 Å². The van der Waals surface area contributed by atoms with E-state index in [1.165, 1.54) is 0 Å². The largest absolute Gasteiger partial charge is 0.299 e. The molecule has 0 saturated heterocycles. The number of aromatic nitrogens is 1. The molecule has 0 N–H and O–H groups in total. The van der Waals surface area contributed by atoms with Crippen LogP contribution in [0.5, 0.6) is 0 Å². The molecule has 3 nitrogen and oxygen atoms in total. The van der Waals surface area contributed by atoms with Crippen LogP contribution in [0, 0.1) is 17.2 Å². The highest BCUT2D eigenvalue weighted by molar-refractivity contribution is 5.25. The van der Waals surface area contributed by atoms with Crippen molar-refractivity contribution in [1.82, 2.24) is 9.88 Å². The van der Waals surface area contributed by atoms with Crippen molar-refractivity contribution >= 4 is 0 Å². The maximum absolute atomic E-state index is 8.77. The lowest BCUT2D eigenvalue weighted by Gasteiger charge is -2.27. The highest BCUT2D eigenvalue weighted by Gasteiger charge is 2.13. The van der Waals surface area contributed by atoms with Gasteiger partial charge in [-0.25, -0.2) is 4.98 Å². The molecule has 3 heteroatoms. The van der Waals surface area contributed by atoms with Gasteiger partial charge in [-0.2, -0.15) is 5.26 Å². The molecule has 86 valence electrons. The first-order valence-corrected chi connectivity index (χ1v) is 5.60. The van der Waals surface area contributed by atoms with E-state index in [0.29, 0.717) is 17.7 Å². The molecule has 0 aliphatic carbocycles. The van der Waals surface area contributed by atoms with Gasteiger partial charge < -0.3 is 0 Å². The maximum atomic E-state index is 8.77. The van der Waals surface area contributed by atoms with Crippen molar-refractivity contribution in [3.05, 3.63) is 29.6 Å². The van der Waals surface area contributed by atoms with Crippen LogP contribution >= 0.6 is 0 Å². The molecule has 0 fully saturated rings. The lowest BCUT2D eigenvalue weighted by molar-refractivity contribution is 0.200. The van der Waals surface area contributed by atoms with Gasteiger partial charge in [0.05, 0.1) is 0 Å². The molecular formula is C13H19N3. The Labute approximate surface area is 97.7 Å². The SMILES string of the molecule is CC(C)C(C)N(C)Cc1ccnc(C#N)c1. The third-order valence-corrected chi connectivity index (χ3v) is 3.03. The number of pyridine rings is 1. The van der Waals surface area contributed by atoms with Gasteiger partial charge >= 0.3 is 0 Å². The monoisotopic (exact) mass is 217 g/mol. The lowest BCUT2D eigenvalue weighted by Crippen LogP contribution is -2.32. The summed E-state index contributed by atoms with van der Waals surface area (Å²) in [4.78, 5) is 6.26. The summed E-state index contributed by atoms with van der Waals surface area (Å²) >= 11 is 0. The zero-order valence-corrected chi connectivity index (χ0v) is 10.4. The van der Waals surface area contributed by atoms with Crippen LogP contribution in [0.3, 0.4) is 0 Å². The fraction of sp³-hybridized carbons (Fsp3) is 0.538. The zero-order chi connectivity index (χ0) is 12.1. The highest BCUT2D eigenvalue weighted by Crippen LogP contribution is 2.12. The van der Waals surface area contributed by atoms with Crippen LogP contribution < -0.4 is 0 Å². The van der Waals surface area contributed by atoms with E-state index in [0.717, 1.165) is 12.1 Å². The minimum Gasteiger partial charge on any atom is -0.299 e. The zero-order valence-electron chi connectivity index (χ0n) is 10.4. The molecule has 0 aliphatic heterocycles. The van der Waals surface area contributed by atoms with Crippen molar-refractivity contribution in [3.63, 3.8) is 0 Å². The summed E-state index contributed by atoms with van der Waals surface area (Å²) in [6.07, 6.45) is 1.70. The van der Waals surface area contributed by atoms with E-state index in [-0.39, 0.29) is 0 Å². The summed E-state index contributed by atoms with van der Waals surface area (Å²) in [5, 5.41) is 8.77. The predicted octanol–water partition coefficient (Wildman–Crippen LogP) is 2.43. The Hall–Kier alpha value is -1.40. The molecule has 0 aromatic carbocycles. The molecule has 0 bridgehead atoms. The van der Waals surface area contributed by atoms with E-state index < -0.39 is 0 Å². The summed E-state index contributed by atoms with van der Waals surface area (Å²) in [5.41, 5.74) is 1.63. The average molecular weight is 217 g/mol. The number of rotatable bonds is 4. The number of nitrogens with zero attached hydrogens (tertiary/aromatic N) is 3. The Kier molecular flexibility index (Phi) is 4.45. The van der Waals surface area contributed by atoms with Gasteiger partial charge in [-0.15, -0.1) is 0 Å². The maximum Gasteiger partial charge on any atom is 0.140 e. The first kappa shape index (κ1) is 12.7. The number of hydrogen-bond donors (Lipinski definition) is 0. The lowest BCUT2D eigenvalue weighted by atomic mass is 10.0. The Morgan fingerprint density at radius 1 is 1.44 bits per heavy atom. The molecule has 1 aromatic rings. The quantitative estimate of drug-likeness (QED) is 0.777. The third-order valence-electron chi connectivity index (χ3n) is 3.03. The average Bonchev–Trinajstić information content (AvgIpc) is 2.28. The standard InChI is InChI=1S/C13H19N3/c1-10(2)11(3)16(4)9-12-5-6-15-13(7-12)8-14/h5-7,10-11H,9H2,1-4H3. The third kappa shape index (κ3) is 3.32. The van der Waals surface area contributed by atoms with Gasteiger partial charge in [0, 0.05) is 18.8 Å². The molecule has 0 spiro atoms. The molecular weight excluding hydrogens is 198 g/mol. The van der Waals surface area contributed by atoms with Crippen LogP contribution in [0.2, 0.25) is 0 Å². The smallest absolute Gasteiger partial charge is 0.140 e. The van der Waals surface area contributed by atoms with E-state index in [9.17, 15) is 0 Å². The van der Waals surface area contributed by atoms with E-state index in [1.54, 1.807) is 6.20 Å². The normalized spacial score (nSPS) is 12.8. The van der Waals surface area contributed by atoms with Crippen LogP contribution in [0.4, 0.5) is 0 Å². The van der Waals surface area contributed by atoms with Gasteiger partial charge in [-0.1, -0.05) is 13.8 Å². The fourth-order valence-electron chi connectivity index (χ4n) is 1.57. The van der Waals surface area contributed by atoms with E-state index >= 15 is 0 Å². The summed E-state index contributed by atoms with van der Waals surface area (Å²) < 4.78 is 0. The highest BCUT2D eigenvalue weighted by atomic mass is 15.1. The van der Waals surface area contributed by atoms with Crippen LogP contribution in [0.25, 0.3) is 0 Å². The Morgan fingerprint density at radius 2 is 2.12 bits per heavy atom. The van der Waals surface area contributed by atoms with Gasteiger partial charge in [-0.3, -0.25) is 4.90 Å². The molecule has 1 rings (SSSR count). The summed E-state index contributed by atoms with van der Waals surface area (Å²) in [7, 11) is 2.11. The summed E-state index contributed by atoms with van der Waals surface area (Å²) in [6.45, 7) is 7.51. The Morgan fingerprint density at radius 3 is 2.69 bits per heavy atom. The van der Waals surface area contributed by atoms with E-state index in [1.807, 2.05) is 12.1 Å². The second kappa shape index (κ2) is 5.62. The van der Waals surface area contributed by atoms with Crippen LogP contribution in [-0.4, -0.2) is 23.0 Å². The van der Waals surface area contributed by atoms with Gasteiger partial charge in [0.2, 0.25) is 0 Å². The first-order valence-electron chi connectivity index (χ1n) is 5.60. The van der Waals surface area contributed by atoms with E-state index in [4.69, 9.17) is 5.26 Å². The van der Waals surface area contributed by atoms with Crippen LogP contribution in [-0.2, 0) is 6.54 Å². The van der Waals surface area contributed by atoms with E-state index in [2.05, 4.69) is 43.8 Å². The van der Waals surface area contributed by atoms with Crippen molar-refractivity contribution in [3.8, 4) is 6.07 Å². The summed E-state index contributed by atoms with van der Waals surface area (Å²) in [5.74, 6) is 0.627. The topological polar surface area (TPSA) is 39.9 Å². The number of nitriles is 1. The fourth-order valence-corrected chi connectivity index (χ4v) is 1.57. The van der Waals surface area contributed by atoms with Crippen molar-refractivity contribution in [2.75, 3.05) is 7.05 Å². The van der Waals surface area contributed by atoms with Gasteiger partial charge in [0.25, 0.3) is 0 Å². The minimum atomic E-state index is 0.489. The Balaban J connectivity index is 2.70. The minimum absolute atomic E-state index is 0.489. The molecule has 1 unspecified atom stereocenters. The van der Waals surface area contributed by atoms with Crippen molar-refractivity contribution < 1.29 is 0 Å². The van der Waals surface area contributed by atoms with Gasteiger partial charge in [-0.05, 0) is 37.6 Å². The molecule has 1 heterocycles. The molecule has 0 radical (unpaired) electrons. The van der Waals surface area contributed by atoms with Crippen LogP contribution in [0.15, 0.2) is 18.3 Å². The molecule has 0 saturated carbocycles. The van der Waals surface area contributed by atoms with Gasteiger partial charge in [0.15, 0.2) is 0 Å². The van der Waals surface area contributed by atoms with Crippen molar-refractivity contribution in [1.29, 1.82) is 5.26 Å². The molecule has 0 aliphatic rings. The Bertz CT molecular complexity index is 379. The second-order valence-corrected chi connectivity index (χ2v) is 4.56. The second-order valence-electron chi connectivity index (χ2n) is 4.56. The summed E-state index contributed by atoms with van der Waals surface area (Å²) in [6, 6.07) is 6.40. The molecule has 1 aromatic heterocycles. The number of hydrogen-bond acceptors (Lipinski definition) is 3. The molecule has 16 heavy (non-hydrogen) atoms.